The summed E-state index contributed by atoms with van der Waals surface area (Å²) >= 11 is 1.06. The van der Waals surface area contributed by atoms with Crippen molar-refractivity contribution in [2.24, 2.45) is 0 Å². The number of hydrogen-bond donors (Lipinski definition) is 1. The number of aromatic nitrogens is 1. The Balaban J connectivity index is 1.98. The molecule has 0 spiro atoms. The average molecular weight is 361 g/mol. The number of amides is 1. The number of hydrogen-bond acceptors (Lipinski definition) is 6. The molecule has 1 heterocycles. The number of carbonyl (C=O) groups is 1. The van der Waals surface area contributed by atoms with E-state index in [9.17, 15) is 13.2 Å². The first-order valence-electron chi connectivity index (χ1n) is 7.96. The van der Waals surface area contributed by atoms with Gasteiger partial charge in [-0.25, -0.2) is 18.1 Å². The van der Waals surface area contributed by atoms with Gasteiger partial charge < -0.3 is 4.74 Å². The van der Waals surface area contributed by atoms with E-state index in [1.807, 2.05) is 0 Å². The standard InChI is InChI=1S/C15H24N2O4S2/c1-10-15(22-12(3)16-10)23(19,20)17-14(18)11(2)21-13-8-6-4-5-7-9-13/h11,13H,4-9H2,1-3H3,(H,17,18)/t11-/m1/s1. The van der Waals surface area contributed by atoms with E-state index in [2.05, 4.69) is 9.71 Å². The number of thiazole rings is 1. The number of nitrogens with one attached hydrogen (secondary N) is 1. The van der Waals surface area contributed by atoms with E-state index in [-0.39, 0.29) is 10.3 Å². The zero-order valence-corrected chi connectivity index (χ0v) is 15.4. The summed E-state index contributed by atoms with van der Waals surface area (Å²) in [4.78, 5) is 16.3. The Morgan fingerprint density at radius 2 is 1.87 bits per heavy atom. The molecule has 130 valence electrons. The quantitative estimate of drug-likeness (QED) is 0.816. The first-order valence-corrected chi connectivity index (χ1v) is 10.3. The maximum atomic E-state index is 12.3. The van der Waals surface area contributed by atoms with Gasteiger partial charge in [0, 0.05) is 0 Å². The van der Waals surface area contributed by atoms with Gasteiger partial charge in [-0.05, 0) is 33.6 Å². The highest BCUT2D eigenvalue weighted by molar-refractivity contribution is 7.92. The van der Waals surface area contributed by atoms with Crippen LogP contribution in [-0.2, 0) is 19.6 Å². The van der Waals surface area contributed by atoms with E-state index in [0.717, 1.165) is 37.0 Å². The van der Waals surface area contributed by atoms with Crippen molar-refractivity contribution in [2.45, 2.75) is 75.7 Å². The molecule has 1 fully saturated rings. The van der Waals surface area contributed by atoms with Crippen molar-refractivity contribution in [3.8, 4) is 0 Å². The molecule has 1 saturated carbocycles. The minimum absolute atomic E-state index is 0.0355. The van der Waals surface area contributed by atoms with Crippen molar-refractivity contribution in [3.63, 3.8) is 0 Å². The fourth-order valence-electron chi connectivity index (χ4n) is 2.75. The van der Waals surface area contributed by atoms with Crippen LogP contribution in [0, 0.1) is 13.8 Å². The van der Waals surface area contributed by atoms with Crippen LogP contribution in [0.2, 0.25) is 0 Å². The van der Waals surface area contributed by atoms with Crippen molar-refractivity contribution in [2.75, 3.05) is 0 Å². The third-order valence-corrected chi connectivity index (χ3v) is 6.94. The van der Waals surface area contributed by atoms with Crippen molar-refractivity contribution >= 4 is 27.3 Å². The summed E-state index contributed by atoms with van der Waals surface area (Å²) in [6.07, 6.45) is 5.68. The molecule has 1 amide bonds. The van der Waals surface area contributed by atoms with Crippen molar-refractivity contribution in [1.29, 1.82) is 0 Å². The van der Waals surface area contributed by atoms with Crippen LogP contribution < -0.4 is 4.72 Å². The lowest BCUT2D eigenvalue weighted by molar-refractivity contribution is -0.133. The molecular weight excluding hydrogens is 336 g/mol. The molecule has 1 aromatic rings. The highest BCUT2D eigenvalue weighted by Gasteiger charge is 2.27. The van der Waals surface area contributed by atoms with Gasteiger partial charge in [0.05, 0.1) is 16.8 Å². The molecule has 23 heavy (non-hydrogen) atoms. The van der Waals surface area contributed by atoms with Gasteiger partial charge in [-0.15, -0.1) is 11.3 Å². The molecule has 0 aliphatic heterocycles. The van der Waals surface area contributed by atoms with Crippen LogP contribution in [0.25, 0.3) is 0 Å². The van der Waals surface area contributed by atoms with Crippen LogP contribution in [-0.4, -0.2) is 31.5 Å². The molecule has 1 aromatic heterocycles. The fourth-order valence-corrected chi connectivity index (χ4v) is 5.28. The maximum Gasteiger partial charge on any atom is 0.275 e. The van der Waals surface area contributed by atoms with E-state index in [0.29, 0.717) is 10.7 Å². The van der Waals surface area contributed by atoms with E-state index < -0.39 is 22.0 Å². The van der Waals surface area contributed by atoms with Gasteiger partial charge in [-0.2, -0.15) is 0 Å². The maximum absolute atomic E-state index is 12.3. The molecule has 0 unspecified atom stereocenters. The van der Waals surface area contributed by atoms with E-state index in [1.54, 1.807) is 20.8 Å². The fraction of sp³-hybridized carbons (Fsp3) is 0.733. The minimum Gasteiger partial charge on any atom is -0.365 e. The molecule has 0 saturated heterocycles. The summed E-state index contributed by atoms with van der Waals surface area (Å²) in [6, 6.07) is 0. The second kappa shape index (κ2) is 7.72. The number of sulfonamides is 1. The summed E-state index contributed by atoms with van der Waals surface area (Å²) in [7, 11) is -3.89. The topological polar surface area (TPSA) is 85.4 Å². The highest BCUT2D eigenvalue weighted by Crippen LogP contribution is 2.23. The molecule has 0 radical (unpaired) electrons. The van der Waals surface area contributed by atoms with Gasteiger partial charge in [0.2, 0.25) is 0 Å². The number of rotatable bonds is 5. The summed E-state index contributed by atoms with van der Waals surface area (Å²) in [5.41, 5.74) is 0.408. The predicted molar refractivity (Wildman–Crippen MR) is 89.0 cm³/mol. The van der Waals surface area contributed by atoms with Crippen LogP contribution in [0.1, 0.15) is 56.2 Å². The van der Waals surface area contributed by atoms with Gasteiger partial charge in [-0.3, -0.25) is 4.79 Å². The first-order chi connectivity index (χ1) is 10.8. The number of ether oxygens (including phenoxy) is 1. The molecular formula is C15H24N2O4S2. The molecule has 1 aliphatic carbocycles. The molecule has 1 N–H and O–H groups in total. The second-order valence-corrected chi connectivity index (χ2v) is 9.05. The second-order valence-electron chi connectivity index (χ2n) is 5.97. The summed E-state index contributed by atoms with van der Waals surface area (Å²) in [5, 5.41) is 0.651. The lowest BCUT2D eigenvalue weighted by Crippen LogP contribution is -2.40. The van der Waals surface area contributed by atoms with Crippen LogP contribution in [0.5, 0.6) is 0 Å². The largest absolute Gasteiger partial charge is 0.365 e. The van der Waals surface area contributed by atoms with Crippen molar-refractivity contribution < 1.29 is 17.9 Å². The SMILES string of the molecule is Cc1nc(C)c(S(=O)(=O)NC(=O)[C@@H](C)OC2CCCCCC2)s1. The zero-order chi connectivity index (χ0) is 17.0. The molecule has 1 atom stereocenters. The molecule has 8 heteroatoms. The highest BCUT2D eigenvalue weighted by atomic mass is 32.2. The Kier molecular flexibility index (Phi) is 6.16. The zero-order valence-electron chi connectivity index (χ0n) is 13.8. The van der Waals surface area contributed by atoms with Crippen LogP contribution in [0.4, 0.5) is 0 Å². The van der Waals surface area contributed by atoms with E-state index in [1.165, 1.54) is 12.8 Å². The van der Waals surface area contributed by atoms with Gasteiger partial charge >= 0.3 is 0 Å². The Morgan fingerprint density at radius 1 is 1.26 bits per heavy atom. The Bertz CT molecular complexity index is 646. The summed E-state index contributed by atoms with van der Waals surface area (Å²) in [5.74, 6) is -0.625. The van der Waals surface area contributed by atoms with Gasteiger partial charge in [0.25, 0.3) is 15.9 Å². The lowest BCUT2D eigenvalue weighted by Gasteiger charge is -2.20. The molecule has 0 bridgehead atoms. The smallest absolute Gasteiger partial charge is 0.275 e. The van der Waals surface area contributed by atoms with E-state index in [4.69, 9.17) is 4.74 Å². The molecule has 2 rings (SSSR count). The number of aryl methyl sites for hydroxylation is 2. The third-order valence-electron chi connectivity index (χ3n) is 3.91. The molecule has 0 aromatic carbocycles. The summed E-state index contributed by atoms with van der Waals surface area (Å²) < 4.78 is 32.6. The van der Waals surface area contributed by atoms with Crippen molar-refractivity contribution in [3.05, 3.63) is 10.7 Å². The molecule has 1 aliphatic rings. The van der Waals surface area contributed by atoms with Crippen LogP contribution in [0.3, 0.4) is 0 Å². The van der Waals surface area contributed by atoms with E-state index >= 15 is 0 Å². The Morgan fingerprint density at radius 3 is 2.39 bits per heavy atom. The monoisotopic (exact) mass is 360 g/mol. The lowest BCUT2D eigenvalue weighted by atomic mass is 10.1. The minimum atomic E-state index is -3.89. The van der Waals surface area contributed by atoms with Gasteiger partial charge in [0.15, 0.2) is 4.21 Å². The first kappa shape index (κ1) is 18.4. The predicted octanol–water partition coefficient (Wildman–Crippen LogP) is 2.69. The molecule has 6 nitrogen and oxygen atoms in total. The van der Waals surface area contributed by atoms with Crippen LogP contribution in [0.15, 0.2) is 4.21 Å². The number of carbonyl (C=O) groups excluding carboxylic acids is 1. The normalized spacial score (nSPS) is 18.4. The van der Waals surface area contributed by atoms with Gasteiger partial charge in [0.1, 0.15) is 6.10 Å². The van der Waals surface area contributed by atoms with Crippen molar-refractivity contribution in [1.82, 2.24) is 9.71 Å². The summed E-state index contributed by atoms with van der Waals surface area (Å²) in [6.45, 7) is 4.95. The number of nitrogens with zero attached hydrogens (tertiary/aromatic N) is 1. The Hall–Kier alpha value is -0.990. The van der Waals surface area contributed by atoms with Crippen LogP contribution >= 0.6 is 11.3 Å². The third kappa shape index (κ3) is 4.99. The van der Waals surface area contributed by atoms with Gasteiger partial charge in [-0.1, -0.05) is 25.7 Å². The Labute approximate surface area is 141 Å². The average Bonchev–Trinajstić information content (AvgIpc) is 2.66.